The molecule has 3 N–H and O–H groups in total. The van der Waals surface area contributed by atoms with Crippen molar-refractivity contribution in [3.05, 3.63) is 101 Å². The van der Waals surface area contributed by atoms with Crippen LogP contribution in [0.15, 0.2) is 78.9 Å². The lowest BCUT2D eigenvalue weighted by molar-refractivity contribution is 0.0952. The Hall–Kier alpha value is -3.11. The van der Waals surface area contributed by atoms with Crippen LogP contribution in [0.2, 0.25) is 0 Å². The third-order valence-corrected chi connectivity index (χ3v) is 5.10. The van der Waals surface area contributed by atoms with Gasteiger partial charge in [0.15, 0.2) is 0 Å². The van der Waals surface area contributed by atoms with E-state index < -0.39 is 0 Å². The minimum atomic E-state index is -0.0138. The molecule has 0 fully saturated rings. The molecule has 0 atom stereocenters. The van der Waals surface area contributed by atoms with E-state index in [4.69, 9.17) is 0 Å². The molecular formula is C26H30N2O2. The topological polar surface area (TPSA) is 61.4 Å². The van der Waals surface area contributed by atoms with Gasteiger partial charge in [-0.1, -0.05) is 60.7 Å². The van der Waals surface area contributed by atoms with Crippen molar-refractivity contribution in [2.75, 3.05) is 13.1 Å². The summed E-state index contributed by atoms with van der Waals surface area (Å²) in [6.07, 6.45) is 3.88. The molecule has 0 aliphatic rings. The standard InChI is InChI=1S/C26H30N2O2/c29-24-14-8-12-22(19-24)16-18-27-20-23-13-4-5-15-25(23)26(30)28-17-7-6-11-21-9-2-1-3-10-21/h1-5,8-10,12-15,19,27,29H,6-7,11,16-18,20H2,(H,28,30). The third-order valence-electron chi connectivity index (χ3n) is 5.10. The highest BCUT2D eigenvalue weighted by Crippen LogP contribution is 2.12. The molecule has 0 saturated heterocycles. The van der Waals surface area contributed by atoms with E-state index in [-0.39, 0.29) is 5.91 Å². The summed E-state index contributed by atoms with van der Waals surface area (Å²) in [7, 11) is 0. The number of nitrogens with one attached hydrogen (secondary N) is 2. The first-order valence-electron chi connectivity index (χ1n) is 10.6. The minimum Gasteiger partial charge on any atom is -0.508 e. The molecule has 30 heavy (non-hydrogen) atoms. The van der Waals surface area contributed by atoms with Gasteiger partial charge in [0, 0.05) is 18.7 Å². The molecule has 0 aliphatic carbocycles. The number of rotatable bonds is 11. The van der Waals surface area contributed by atoms with Gasteiger partial charge in [0.05, 0.1) is 0 Å². The molecule has 3 rings (SSSR count). The van der Waals surface area contributed by atoms with Gasteiger partial charge < -0.3 is 15.7 Å². The van der Waals surface area contributed by atoms with Crippen molar-refractivity contribution in [1.29, 1.82) is 0 Å². The third kappa shape index (κ3) is 7.05. The van der Waals surface area contributed by atoms with Gasteiger partial charge in [0.2, 0.25) is 0 Å². The van der Waals surface area contributed by atoms with Crippen molar-refractivity contribution in [3.63, 3.8) is 0 Å². The smallest absolute Gasteiger partial charge is 0.251 e. The molecular weight excluding hydrogens is 372 g/mol. The Morgan fingerprint density at radius 1 is 0.767 bits per heavy atom. The van der Waals surface area contributed by atoms with Crippen molar-refractivity contribution in [1.82, 2.24) is 10.6 Å². The van der Waals surface area contributed by atoms with Crippen LogP contribution in [-0.4, -0.2) is 24.1 Å². The Balaban J connectivity index is 1.40. The van der Waals surface area contributed by atoms with Crippen LogP contribution < -0.4 is 10.6 Å². The fraction of sp³-hybridized carbons (Fsp3) is 0.269. The summed E-state index contributed by atoms with van der Waals surface area (Å²) < 4.78 is 0. The van der Waals surface area contributed by atoms with E-state index in [0.717, 1.165) is 48.9 Å². The second-order valence-electron chi connectivity index (χ2n) is 7.45. The maximum Gasteiger partial charge on any atom is 0.251 e. The van der Waals surface area contributed by atoms with Gasteiger partial charge in [-0.2, -0.15) is 0 Å². The number of aromatic hydroxyl groups is 1. The monoisotopic (exact) mass is 402 g/mol. The summed E-state index contributed by atoms with van der Waals surface area (Å²) in [6.45, 7) is 2.10. The number of phenols is 1. The first kappa shape index (κ1) is 21.6. The molecule has 0 saturated carbocycles. The molecule has 0 radical (unpaired) electrons. The lowest BCUT2D eigenvalue weighted by atomic mass is 10.1. The van der Waals surface area contributed by atoms with E-state index in [0.29, 0.717) is 18.8 Å². The zero-order chi connectivity index (χ0) is 21.0. The summed E-state index contributed by atoms with van der Waals surface area (Å²) >= 11 is 0. The van der Waals surface area contributed by atoms with Gasteiger partial charge in [-0.25, -0.2) is 0 Å². The zero-order valence-corrected chi connectivity index (χ0v) is 17.3. The second-order valence-corrected chi connectivity index (χ2v) is 7.45. The Bertz CT molecular complexity index is 925. The summed E-state index contributed by atoms with van der Waals surface area (Å²) in [5, 5.41) is 16.0. The van der Waals surface area contributed by atoms with Gasteiger partial charge in [-0.15, -0.1) is 0 Å². The minimum absolute atomic E-state index is 0.0138. The molecule has 156 valence electrons. The van der Waals surface area contributed by atoms with Gasteiger partial charge in [-0.05, 0) is 67.1 Å². The molecule has 3 aromatic carbocycles. The molecule has 0 aliphatic heterocycles. The SMILES string of the molecule is O=C(NCCCCc1ccccc1)c1ccccc1CNCCc1cccc(O)c1. The molecule has 4 nitrogen and oxygen atoms in total. The molecule has 0 aromatic heterocycles. The van der Waals surface area contributed by atoms with Crippen molar-refractivity contribution >= 4 is 5.91 Å². The maximum absolute atomic E-state index is 12.6. The van der Waals surface area contributed by atoms with Crippen LogP contribution in [0.3, 0.4) is 0 Å². The van der Waals surface area contributed by atoms with Gasteiger partial charge >= 0.3 is 0 Å². The maximum atomic E-state index is 12.6. The van der Waals surface area contributed by atoms with E-state index in [1.165, 1.54) is 5.56 Å². The van der Waals surface area contributed by atoms with Gasteiger partial charge in [0.25, 0.3) is 5.91 Å². The van der Waals surface area contributed by atoms with Crippen molar-refractivity contribution in [2.24, 2.45) is 0 Å². The summed E-state index contributed by atoms with van der Waals surface area (Å²) in [5.41, 5.74) is 4.15. The predicted molar refractivity (Wildman–Crippen MR) is 122 cm³/mol. The number of aryl methyl sites for hydroxylation is 1. The number of carbonyl (C=O) groups is 1. The highest BCUT2D eigenvalue weighted by molar-refractivity contribution is 5.95. The first-order chi connectivity index (χ1) is 14.7. The molecule has 3 aromatic rings. The van der Waals surface area contributed by atoms with E-state index in [1.807, 2.05) is 42.5 Å². The lowest BCUT2D eigenvalue weighted by Crippen LogP contribution is -2.27. The average Bonchev–Trinajstić information content (AvgIpc) is 2.77. The molecule has 0 heterocycles. The number of hydrogen-bond donors (Lipinski definition) is 3. The Morgan fingerprint density at radius 2 is 1.53 bits per heavy atom. The second kappa shape index (κ2) is 11.8. The van der Waals surface area contributed by atoms with Crippen LogP contribution >= 0.6 is 0 Å². The largest absolute Gasteiger partial charge is 0.508 e. The van der Waals surface area contributed by atoms with Crippen LogP contribution in [0.5, 0.6) is 5.75 Å². The van der Waals surface area contributed by atoms with Gasteiger partial charge in [-0.3, -0.25) is 4.79 Å². The summed E-state index contributed by atoms with van der Waals surface area (Å²) in [6, 6.07) is 25.5. The molecule has 1 amide bonds. The Labute approximate surface area is 179 Å². The molecule has 0 bridgehead atoms. The van der Waals surface area contributed by atoms with Crippen LogP contribution in [0.1, 0.15) is 39.9 Å². The Morgan fingerprint density at radius 3 is 2.37 bits per heavy atom. The van der Waals surface area contributed by atoms with Crippen LogP contribution in [0, 0.1) is 0 Å². The number of hydrogen-bond acceptors (Lipinski definition) is 3. The number of phenolic OH excluding ortho intramolecular Hbond substituents is 1. The van der Waals surface area contributed by atoms with Crippen molar-refractivity contribution in [2.45, 2.75) is 32.2 Å². The highest BCUT2D eigenvalue weighted by Gasteiger charge is 2.10. The average molecular weight is 403 g/mol. The van der Waals surface area contributed by atoms with Crippen molar-refractivity contribution < 1.29 is 9.90 Å². The van der Waals surface area contributed by atoms with Crippen molar-refractivity contribution in [3.8, 4) is 5.75 Å². The predicted octanol–water partition coefficient (Wildman–Crippen LogP) is 4.48. The zero-order valence-electron chi connectivity index (χ0n) is 17.3. The van der Waals surface area contributed by atoms with Crippen LogP contribution in [-0.2, 0) is 19.4 Å². The van der Waals surface area contributed by atoms with Gasteiger partial charge in [0.1, 0.15) is 5.75 Å². The van der Waals surface area contributed by atoms with E-state index in [9.17, 15) is 9.90 Å². The number of benzene rings is 3. The van der Waals surface area contributed by atoms with E-state index >= 15 is 0 Å². The van der Waals surface area contributed by atoms with Crippen LogP contribution in [0.4, 0.5) is 0 Å². The number of amides is 1. The van der Waals surface area contributed by atoms with E-state index in [1.54, 1.807) is 12.1 Å². The molecule has 0 spiro atoms. The fourth-order valence-corrected chi connectivity index (χ4v) is 3.46. The lowest BCUT2D eigenvalue weighted by Gasteiger charge is -2.11. The fourth-order valence-electron chi connectivity index (χ4n) is 3.46. The van der Waals surface area contributed by atoms with Crippen LogP contribution in [0.25, 0.3) is 0 Å². The summed E-state index contributed by atoms with van der Waals surface area (Å²) in [4.78, 5) is 12.6. The summed E-state index contributed by atoms with van der Waals surface area (Å²) in [5.74, 6) is 0.276. The molecule has 4 heteroatoms. The normalized spacial score (nSPS) is 10.7. The molecule has 0 unspecified atom stereocenters. The van der Waals surface area contributed by atoms with E-state index in [2.05, 4.69) is 34.9 Å². The first-order valence-corrected chi connectivity index (χ1v) is 10.6. The quantitative estimate of drug-likeness (QED) is 0.415. The highest BCUT2D eigenvalue weighted by atomic mass is 16.3. The number of unbranched alkanes of at least 4 members (excludes halogenated alkanes) is 1. The number of carbonyl (C=O) groups excluding carboxylic acids is 1. The Kier molecular flexibility index (Phi) is 8.48.